The molecule has 0 heterocycles. The van der Waals surface area contributed by atoms with Crippen LogP contribution in [-0.2, 0) is 6.42 Å². The summed E-state index contributed by atoms with van der Waals surface area (Å²) in [5, 5.41) is 2.94. The van der Waals surface area contributed by atoms with Gasteiger partial charge in [-0.05, 0) is 51.0 Å². The van der Waals surface area contributed by atoms with E-state index in [1.165, 1.54) is 0 Å². The molecule has 1 amide bonds. The molecule has 0 unspecified atom stereocenters. The number of amides is 1. The summed E-state index contributed by atoms with van der Waals surface area (Å²) < 4.78 is 5.24. The van der Waals surface area contributed by atoms with Crippen LogP contribution in [0.5, 0.6) is 5.75 Å². The Bertz CT molecular complexity index is 405. The lowest BCUT2D eigenvalue weighted by atomic mass is 10.0. The summed E-state index contributed by atoms with van der Waals surface area (Å²) in [7, 11) is 1.64. The molecular weight excluding hydrogens is 214 g/mol. The summed E-state index contributed by atoms with van der Waals surface area (Å²) >= 11 is 0. The number of methoxy groups -OCH3 is 1. The SMILES string of the molecule is CCc1cc(C(=O)NC(C)(C)C)ccc1OC. The number of carbonyl (C=O) groups is 1. The van der Waals surface area contributed by atoms with Gasteiger partial charge in [0, 0.05) is 11.1 Å². The van der Waals surface area contributed by atoms with Crippen molar-refractivity contribution < 1.29 is 9.53 Å². The van der Waals surface area contributed by atoms with E-state index in [4.69, 9.17) is 4.74 Å². The first-order chi connectivity index (χ1) is 7.87. The zero-order valence-corrected chi connectivity index (χ0v) is 11.3. The normalized spacial score (nSPS) is 11.1. The maximum atomic E-state index is 12.0. The number of benzene rings is 1. The molecule has 0 spiro atoms. The monoisotopic (exact) mass is 235 g/mol. The zero-order chi connectivity index (χ0) is 13.1. The first-order valence-corrected chi connectivity index (χ1v) is 5.87. The molecule has 1 rings (SSSR count). The van der Waals surface area contributed by atoms with Gasteiger partial charge in [-0.2, -0.15) is 0 Å². The van der Waals surface area contributed by atoms with E-state index in [0.717, 1.165) is 17.7 Å². The van der Waals surface area contributed by atoms with Gasteiger partial charge < -0.3 is 10.1 Å². The Labute approximate surface area is 103 Å². The lowest BCUT2D eigenvalue weighted by molar-refractivity contribution is 0.0919. The van der Waals surface area contributed by atoms with Gasteiger partial charge >= 0.3 is 0 Å². The molecule has 0 saturated carbocycles. The summed E-state index contributed by atoms with van der Waals surface area (Å²) in [6.45, 7) is 7.95. The van der Waals surface area contributed by atoms with Gasteiger partial charge in [0.2, 0.25) is 0 Å². The predicted molar refractivity (Wildman–Crippen MR) is 69.6 cm³/mol. The third-order valence-corrected chi connectivity index (χ3v) is 2.41. The Balaban J connectivity index is 2.96. The van der Waals surface area contributed by atoms with Gasteiger partial charge in [0.15, 0.2) is 0 Å². The number of carbonyl (C=O) groups excluding carboxylic acids is 1. The maximum absolute atomic E-state index is 12.0. The van der Waals surface area contributed by atoms with Crippen molar-refractivity contribution in [3.05, 3.63) is 29.3 Å². The standard InChI is InChI=1S/C14H21NO2/c1-6-10-9-11(7-8-12(10)17-5)13(16)15-14(2,3)4/h7-9H,6H2,1-5H3,(H,15,16). The van der Waals surface area contributed by atoms with Gasteiger partial charge in [0.05, 0.1) is 7.11 Å². The van der Waals surface area contributed by atoms with E-state index in [1.807, 2.05) is 39.8 Å². The fourth-order valence-corrected chi connectivity index (χ4v) is 1.61. The van der Waals surface area contributed by atoms with Crippen LogP contribution in [0.25, 0.3) is 0 Å². The van der Waals surface area contributed by atoms with Crippen molar-refractivity contribution in [3.63, 3.8) is 0 Å². The Morgan fingerprint density at radius 2 is 2.00 bits per heavy atom. The van der Waals surface area contributed by atoms with E-state index in [-0.39, 0.29) is 11.4 Å². The van der Waals surface area contributed by atoms with Gasteiger partial charge in [-0.1, -0.05) is 6.92 Å². The van der Waals surface area contributed by atoms with Crippen molar-refractivity contribution in [2.75, 3.05) is 7.11 Å². The molecule has 0 saturated heterocycles. The Hall–Kier alpha value is -1.51. The molecule has 1 aromatic rings. The average molecular weight is 235 g/mol. The van der Waals surface area contributed by atoms with Gasteiger partial charge in [0.25, 0.3) is 5.91 Å². The molecule has 17 heavy (non-hydrogen) atoms. The van der Waals surface area contributed by atoms with E-state index >= 15 is 0 Å². The van der Waals surface area contributed by atoms with Crippen molar-refractivity contribution in [2.45, 2.75) is 39.7 Å². The minimum Gasteiger partial charge on any atom is -0.496 e. The van der Waals surface area contributed by atoms with Gasteiger partial charge in [-0.3, -0.25) is 4.79 Å². The minimum atomic E-state index is -0.219. The second-order valence-corrected chi connectivity index (χ2v) is 5.08. The maximum Gasteiger partial charge on any atom is 0.251 e. The van der Waals surface area contributed by atoms with Gasteiger partial charge in [-0.25, -0.2) is 0 Å². The van der Waals surface area contributed by atoms with Gasteiger partial charge in [0.1, 0.15) is 5.75 Å². The first kappa shape index (κ1) is 13.6. The van der Waals surface area contributed by atoms with Crippen LogP contribution in [0.4, 0.5) is 0 Å². The van der Waals surface area contributed by atoms with Crippen LogP contribution in [0, 0.1) is 0 Å². The highest BCUT2D eigenvalue weighted by Crippen LogP contribution is 2.20. The number of nitrogens with one attached hydrogen (secondary N) is 1. The predicted octanol–water partition coefficient (Wildman–Crippen LogP) is 2.79. The molecule has 0 radical (unpaired) electrons. The number of hydrogen-bond donors (Lipinski definition) is 1. The van der Waals surface area contributed by atoms with Crippen LogP contribution in [0.2, 0.25) is 0 Å². The fourth-order valence-electron chi connectivity index (χ4n) is 1.61. The summed E-state index contributed by atoms with van der Waals surface area (Å²) in [4.78, 5) is 12.0. The van der Waals surface area contributed by atoms with Crippen molar-refractivity contribution in [1.82, 2.24) is 5.32 Å². The van der Waals surface area contributed by atoms with E-state index in [1.54, 1.807) is 13.2 Å². The smallest absolute Gasteiger partial charge is 0.251 e. The van der Waals surface area contributed by atoms with Crippen LogP contribution >= 0.6 is 0 Å². The molecule has 0 aliphatic carbocycles. The molecular formula is C14H21NO2. The molecule has 0 aliphatic rings. The number of hydrogen-bond acceptors (Lipinski definition) is 2. The zero-order valence-electron chi connectivity index (χ0n) is 11.3. The number of ether oxygens (including phenoxy) is 1. The molecule has 3 heteroatoms. The van der Waals surface area contributed by atoms with Crippen molar-refractivity contribution in [2.24, 2.45) is 0 Å². The number of rotatable bonds is 3. The third-order valence-electron chi connectivity index (χ3n) is 2.41. The van der Waals surface area contributed by atoms with Crippen LogP contribution in [-0.4, -0.2) is 18.6 Å². The molecule has 0 aromatic heterocycles. The second kappa shape index (κ2) is 5.21. The van der Waals surface area contributed by atoms with E-state index < -0.39 is 0 Å². The molecule has 1 aromatic carbocycles. The topological polar surface area (TPSA) is 38.3 Å². The highest BCUT2D eigenvalue weighted by Gasteiger charge is 2.16. The van der Waals surface area contributed by atoms with E-state index in [9.17, 15) is 4.79 Å². The minimum absolute atomic E-state index is 0.0464. The molecule has 1 N–H and O–H groups in total. The quantitative estimate of drug-likeness (QED) is 0.875. The summed E-state index contributed by atoms with van der Waals surface area (Å²) in [6.07, 6.45) is 0.847. The Morgan fingerprint density at radius 3 is 2.47 bits per heavy atom. The second-order valence-electron chi connectivity index (χ2n) is 5.08. The highest BCUT2D eigenvalue weighted by atomic mass is 16.5. The number of aryl methyl sites for hydroxylation is 1. The molecule has 0 bridgehead atoms. The van der Waals surface area contributed by atoms with Crippen LogP contribution in [0.3, 0.4) is 0 Å². The molecule has 0 aliphatic heterocycles. The first-order valence-electron chi connectivity index (χ1n) is 5.87. The average Bonchev–Trinajstić information content (AvgIpc) is 2.25. The van der Waals surface area contributed by atoms with Crippen molar-refractivity contribution in [3.8, 4) is 5.75 Å². The largest absolute Gasteiger partial charge is 0.496 e. The highest BCUT2D eigenvalue weighted by molar-refractivity contribution is 5.95. The van der Waals surface area contributed by atoms with Crippen molar-refractivity contribution >= 4 is 5.91 Å². The third kappa shape index (κ3) is 3.77. The Kier molecular flexibility index (Phi) is 4.16. The summed E-state index contributed by atoms with van der Waals surface area (Å²) in [5.74, 6) is 0.787. The van der Waals surface area contributed by atoms with Crippen molar-refractivity contribution in [1.29, 1.82) is 0 Å². The van der Waals surface area contributed by atoms with E-state index in [0.29, 0.717) is 5.56 Å². The Morgan fingerprint density at radius 1 is 1.35 bits per heavy atom. The molecule has 0 atom stereocenters. The van der Waals surface area contributed by atoms with Crippen LogP contribution < -0.4 is 10.1 Å². The summed E-state index contributed by atoms with van der Waals surface area (Å²) in [5.41, 5.74) is 1.51. The summed E-state index contributed by atoms with van der Waals surface area (Å²) in [6, 6.07) is 5.52. The lowest BCUT2D eigenvalue weighted by Gasteiger charge is -2.20. The van der Waals surface area contributed by atoms with Crippen LogP contribution in [0.1, 0.15) is 43.6 Å². The van der Waals surface area contributed by atoms with Gasteiger partial charge in [-0.15, -0.1) is 0 Å². The molecule has 0 fully saturated rings. The van der Waals surface area contributed by atoms with Crippen LogP contribution in [0.15, 0.2) is 18.2 Å². The van der Waals surface area contributed by atoms with E-state index in [2.05, 4.69) is 5.32 Å². The fraction of sp³-hybridized carbons (Fsp3) is 0.500. The molecule has 94 valence electrons. The molecule has 3 nitrogen and oxygen atoms in total. The lowest BCUT2D eigenvalue weighted by Crippen LogP contribution is -2.40.